The van der Waals surface area contributed by atoms with Gasteiger partial charge < -0.3 is 25.0 Å². The monoisotopic (exact) mass is 665 g/mol. The highest BCUT2D eigenvalue weighted by Crippen LogP contribution is 2.41. The van der Waals surface area contributed by atoms with E-state index in [2.05, 4.69) is 50.8 Å². The molecule has 1 aromatic heterocycles. The Balaban J connectivity index is 1.22. The largest absolute Gasteiger partial charge is 0.494 e. The van der Waals surface area contributed by atoms with Gasteiger partial charge in [-0.25, -0.2) is 19.4 Å². The number of hydrogen-bond acceptors (Lipinski definition) is 10. The third-order valence-electron chi connectivity index (χ3n) is 8.90. The third-order valence-corrected chi connectivity index (χ3v) is 9.21. The third kappa shape index (κ3) is 7.46. The highest BCUT2D eigenvalue weighted by molar-refractivity contribution is 6.30. The average Bonchev–Trinajstić information content (AvgIpc) is 3.56. The number of rotatable bonds is 9. The van der Waals surface area contributed by atoms with Gasteiger partial charge in [0, 0.05) is 50.8 Å². The Morgan fingerprint density at radius 1 is 1.09 bits per heavy atom. The Labute approximate surface area is 279 Å². The van der Waals surface area contributed by atoms with Gasteiger partial charge in [-0.3, -0.25) is 14.5 Å². The van der Waals surface area contributed by atoms with Gasteiger partial charge in [-0.05, 0) is 56.5 Å². The number of piperidine rings is 1. The van der Waals surface area contributed by atoms with Gasteiger partial charge in [-0.2, -0.15) is 0 Å². The van der Waals surface area contributed by atoms with Gasteiger partial charge in [0.15, 0.2) is 5.82 Å². The number of morpholine rings is 1. The molecular formula is C34H41ClFN7O4. The molecular weight excluding hydrogens is 625 g/mol. The number of carbonyl (C=O) groups excluding carboxylic acids is 1. The van der Waals surface area contributed by atoms with Crippen LogP contribution in [0, 0.1) is 5.82 Å². The zero-order valence-electron chi connectivity index (χ0n) is 26.9. The van der Waals surface area contributed by atoms with Gasteiger partial charge in [-0.1, -0.05) is 24.2 Å². The summed E-state index contributed by atoms with van der Waals surface area (Å²) in [7, 11) is 1.61. The van der Waals surface area contributed by atoms with E-state index in [0.29, 0.717) is 47.8 Å². The summed E-state index contributed by atoms with van der Waals surface area (Å²) in [6, 6.07) is 10.5. The van der Waals surface area contributed by atoms with Gasteiger partial charge >= 0.3 is 0 Å². The predicted octanol–water partition coefficient (Wildman–Crippen LogP) is 6.11. The molecule has 0 radical (unpaired) electrons. The van der Waals surface area contributed by atoms with E-state index in [1.54, 1.807) is 30.4 Å². The molecule has 3 aromatic rings. The summed E-state index contributed by atoms with van der Waals surface area (Å²) < 4.78 is 26.0. The fourth-order valence-electron chi connectivity index (χ4n) is 6.76. The minimum absolute atomic E-state index is 0.0677. The van der Waals surface area contributed by atoms with Crippen LogP contribution in [0.25, 0.3) is 0 Å². The number of anilines is 5. The Morgan fingerprint density at radius 2 is 1.85 bits per heavy atom. The second-order valence-corrected chi connectivity index (χ2v) is 12.6. The van der Waals surface area contributed by atoms with Crippen LogP contribution in [0.1, 0.15) is 44.7 Å². The molecule has 0 spiro atoms. The van der Waals surface area contributed by atoms with Crippen molar-refractivity contribution in [3.05, 3.63) is 71.8 Å². The highest BCUT2D eigenvalue weighted by Gasteiger charge is 2.32. The Bertz CT molecular complexity index is 1590. The molecule has 11 nitrogen and oxygen atoms in total. The fraction of sp³-hybridized carbons (Fsp3) is 0.441. The maximum Gasteiger partial charge on any atom is 0.247 e. The number of hydrogen-bond donors (Lipinski definition) is 2. The molecule has 4 heterocycles. The summed E-state index contributed by atoms with van der Waals surface area (Å²) in [5, 5.41) is 8.04. The molecule has 47 heavy (non-hydrogen) atoms. The molecule has 250 valence electrons. The van der Waals surface area contributed by atoms with Crippen molar-refractivity contribution in [3.63, 3.8) is 0 Å². The Kier molecular flexibility index (Phi) is 10.1. The number of ether oxygens (including phenoxy) is 2. The molecule has 3 saturated heterocycles. The summed E-state index contributed by atoms with van der Waals surface area (Å²) in [6.07, 6.45) is 5.79. The lowest BCUT2D eigenvalue weighted by molar-refractivity contribution is -0.111. The first-order chi connectivity index (χ1) is 22.7. The molecule has 13 heteroatoms. The predicted molar refractivity (Wildman–Crippen MR) is 181 cm³/mol. The fourth-order valence-corrected chi connectivity index (χ4v) is 6.88. The minimum atomic E-state index is -0.485. The van der Waals surface area contributed by atoms with Crippen LogP contribution in [0.4, 0.5) is 33.1 Å². The Hall–Kier alpha value is -3.97. The van der Waals surface area contributed by atoms with Crippen molar-refractivity contribution in [2.45, 2.75) is 57.4 Å². The number of halogens is 2. The molecule has 1 unspecified atom stereocenters. The second kappa shape index (κ2) is 14.4. The molecule has 3 aliphatic heterocycles. The number of benzene rings is 2. The van der Waals surface area contributed by atoms with Gasteiger partial charge in [-0.15, -0.1) is 0 Å². The van der Waals surface area contributed by atoms with Crippen LogP contribution in [-0.2, 0) is 14.4 Å². The van der Waals surface area contributed by atoms with Crippen molar-refractivity contribution < 1.29 is 23.5 Å². The van der Waals surface area contributed by atoms with Crippen LogP contribution in [-0.4, -0.2) is 78.9 Å². The standard InChI is InChI=1S/C34H41ClFN7O4/c1-5-34(44)40-27-15-28(31(45-4)16-30(27)41-11-8-24(9-12-41)42-18-21(2)47-22(3)19-42)39-32-17-33(38-20-37-32)43-29(10-13-46-43)23-6-7-25(35)26(36)14-23/h5-7,14-17,20-22,24,29H,1,8-13,18-19H2,2-4H3,(H,40,44)(H,37,38,39)/t21-,22+,29?. The van der Waals surface area contributed by atoms with E-state index in [4.69, 9.17) is 25.9 Å². The lowest BCUT2D eigenvalue weighted by Gasteiger charge is -2.44. The molecule has 3 aliphatic rings. The van der Waals surface area contributed by atoms with Crippen molar-refractivity contribution in [3.8, 4) is 5.75 Å². The van der Waals surface area contributed by atoms with Crippen molar-refractivity contribution in [1.29, 1.82) is 0 Å². The van der Waals surface area contributed by atoms with Gasteiger partial charge in [0.05, 0.1) is 54.1 Å². The van der Waals surface area contributed by atoms with E-state index in [1.165, 1.54) is 18.5 Å². The van der Waals surface area contributed by atoms with Gasteiger partial charge in [0.25, 0.3) is 0 Å². The molecule has 3 fully saturated rings. The molecule has 0 bridgehead atoms. The maximum atomic E-state index is 14.3. The zero-order chi connectivity index (χ0) is 33.1. The number of aromatic nitrogens is 2. The van der Waals surface area contributed by atoms with Crippen LogP contribution in [0.3, 0.4) is 0 Å². The smallest absolute Gasteiger partial charge is 0.247 e. The van der Waals surface area contributed by atoms with Crippen LogP contribution in [0.2, 0.25) is 5.02 Å². The summed E-state index contributed by atoms with van der Waals surface area (Å²) in [4.78, 5) is 32.2. The topological polar surface area (TPSA) is 104 Å². The van der Waals surface area contributed by atoms with E-state index in [9.17, 15) is 9.18 Å². The maximum absolute atomic E-state index is 14.3. The zero-order valence-corrected chi connectivity index (χ0v) is 27.7. The van der Waals surface area contributed by atoms with Crippen molar-refractivity contribution in [2.75, 3.05) is 60.5 Å². The van der Waals surface area contributed by atoms with E-state index in [-0.39, 0.29) is 29.2 Å². The Morgan fingerprint density at radius 3 is 2.55 bits per heavy atom. The molecule has 1 amide bonds. The molecule has 3 atom stereocenters. The van der Waals surface area contributed by atoms with Gasteiger partial charge in [0.1, 0.15) is 23.7 Å². The lowest BCUT2D eigenvalue weighted by Crippen LogP contribution is -2.53. The van der Waals surface area contributed by atoms with E-state index in [1.807, 2.05) is 12.1 Å². The summed E-state index contributed by atoms with van der Waals surface area (Å²) >= 11 is 5.91. The van der Waals surface area contributed by atoms with Crippen LogP contribution in [0.15, 0.2) is 55.4 Å². The number of amides is 1. The van der Waals surface area contributed by atoms with Crippen LogP contribution in [0.5, 0.6) is 5.75 Å². The molecule has 2 aromatic carbocycles. The number of carbonyl (C=O) groups is 1. The molecule has 0 saturated carbocycles. The van der Waals surface area contributed by atoms with Crippen molar-refractivity contribution in [2.24, 2.45) is 0 Å². The number of hydroxylamine groups is 1. The molecule has 6 rings (SSSR count). The molecule has 2 N–H and O–H groups in total. The average molecular weight is 666 g/mol. The number of nitrogens with zero attached hydrogens (tertiary/aromatic N) is 5. The van der Waals surface area contributed by atoms with Gasteiger partial charge in [0.2, 0.25) is 5.91 Å². The normalized spacial score (nSPS) is 22.3. The number of nitrogens with one attached hydrogen (secondary N) is 2. The first-order valence-electron chi connectivity index (χ1n) is 16.0. The summed E-state index contributed by atoms with van der Waals surface area (Å²) in [6.45, 7) is 11.9. The lowest BCUT2D eigenvalue weighted by atomic mass is 10.00. The first-order valence-corrected chi connectivity index (χ1v) is 16.4. The van der Waals surface area contributed by atoms with E-state index >= 15 is 0 Å². The second-order valence-electron chi connectivity index (χ2n) is 12.2. The summed E-state index contributed by atoms with van der Waals surface area (Å²) in [5.41, 5.74) is 2.84. The van der Waals surface area contributed by atoms with E-state index in [0.717, 1.165) is 50.3 Å². The SMILES string of the molecule is C=CC(=O)Nc1cc(Nc2cc(N3OCCC3c3ccc(Cl)c(F)c3)ncn2)c(OC)cc1N1CCC(N2C[C@@H](C)O[C@@H](C)C2)CC1. The number of methoxy groups -OCH3 is 1. The quantitative estimate of drug-likeness (QED) is 0.260. The first kappa shape index (κ1) is 33.0. The summed E-state index contributed by atoms with van der Waals surface area (Å²) in [5.74, 6) is 0.772. The van der Waals surface area contributed by atoms with Crippen LogP contribution >= 0.6 is 11.6 Å². The minimum Gasteiger partial charge on any atom is -0.494 e. The van der Waals surface area contributed by atoms with Crippen molar-refractivity contribution in [1.82, 2.24) is 14.9 Å². The van der Waals surface area contributed by atoms with Crippen molar-refractivity contribution >= 4 is 46.2 Å². The molecule has 0 aliphatic carbocycles. The highest BCUT2D eigenvalue weighted by atomic mass is 35.5. The van der Waals surface area contributed by atoms with E-state index < -0.39 is 5.82 Å². The van der Waals surface area contributed by atoms with Crippen LogP contribution < -0.4 is 25.3 Å².